The van der Waals surface area contributed by atoms with Crippen LogP contribution in [0.25, 0.3) is 0 Å². The van der Waals surface area contributed by atoms with Crippen LogP contribution in [-0.4, -0.2) is 44.7 Å². The van der Waals surface area contributed by atoms with Crippen LogP contribution >= 0.6 is 11.6 Å². The molecule has 1 aliphatic heterocycles. The van der Waals surface area contributed by atoms with Crippen LogP contribution in [0.5, 0.6) is 5.88 Å². The Kier molecular flexibility index (Phi) is 6.50. The lowest BCUT2D eigenvalue weighted by Gasteiger charge is -2.24. The summed E-state index contributed by atoms with van der Waals surface area (Å²) in [6, 6.07) is 2.66. The second-order valence-electron chi connectivity index (χ2n) is 7.26. The number of hydrogen-bond donors (Lipinski definition) is 1. The van der Waals surface area contributed by atoms with Gasteiger partial charge in [0.15, 0.2) is 13.0 Å². The summed E-state index contributed by atoms with van der Waals surface area (Å²) >= 11 is 6.12. The quantitative estimate of drug-likeness (QED) is 0.527. The number of carbonyl (C=O) groups is 2. The van der Waals surface area contributed by atoms with E-state index in [0.29, 0.717) is 22.4 Å². The van der Waals surface area contributed by atoms with Gasteiger partial charge in [-0.2, -0.15) is 0 Å². The number of ether oxygens (including phenoxy) is 1. The minimum atomic E-state index is -2.65. The van der Waals surface area contributed by atoms with Crippen molar-refractivity contribution in [2.24, 2.45) is 0 Å². The van der Waals surface area contributed by atoms with Gasteiger partial charge in [-0.15, -0.1) is 0 Å². The van der Waals surface area contributed by atoms with Crippen LogP contribution in [0, 0.1) is 0 Å². The fourth-order valence-electron chi connectivity index (χ4n) is 3.43. The topological polar surface area (TPSA) is 110 Å². The SMILES string of the molecule is CC(c1cnc(OCC(F)F)c(Cl)c1)N1Cc2c(ccnc2NC(=O)Cc2cocn2)C1=O. The zero-order chi connectivity index (χ0) is 23.5. The number of aromatic nitrogens is 3. The first-order valence-electron chi connectivity index (χ1n) is 9.85. The van der Waals surface area contributed by atoms with Crippen molar-refractivity contribution in [3.05, 3.63) is 64.6 Å². The summed E-state index contributed by atoms with van der Waals surface area (Å²) in [6.07, 6.45) is 2.83. The number of nitrogens with one attached hydrogen (secondary N) is 1. The molecule has 0 spiro atoms. The van der Waals surface area contributed by atoms with Crippen molar-refractivity contribution in [3.8, 4) is 5.88 Å². The molecule has 4 heterocycles. The zero-order valence-electron chi connectivity index (χ0n) is 17.3. The fraction of sp³-hybridized carbons (Fsp3) is 0.286. The Morgan fingerprint density at radius 3 is 2.88 bits per heavy atom. The maximum Gasteiger partial charge on any atom is 0.272 e. The molecule has 0 saturated heterocycles. The van der Waals surface area contributed by atoms with Gasteiger partial charge >= 0.3 is 0 Å². The molecule has 33 heavy (non-hydrogen) atoms. The number of hydrogen-bond acceptors (Lipinski definition) is 7. The molecule has 1 unspecified atom stereocenters. The van der Waals surface area contributed by atoms with E-state index in [9.17, 15) is 18.4 Å². The number of oxazole rings is 1. The molecule has 1 aliphatic rings. The number of amides is 2. The minimum absolute atomic E-state index is 0.0000580. The molecule has 0 aliphatic carbocycles. The molecular formula is C21H18ClF2N5O4. The molecular weight excluding hydrogens is 460 g/mol. The van der Waals surface area contributed by atoms with Crippen molar-refractivity contribution in [3.63, 3.8) is 0 Å². The van der Waals surface area contributed by atoms with Gasteiger partial charge in [-0.05, 0) is 24.6 Å². The van der Waals surface area contributed by atoms with Gasteiger partial charge in [0.2, 0.25) is 11.8 Å². The van der Waals surface area contributed by atoms with Gasteiger partial charge in [-0.25, -0.2) is 23.7 Å². The van der Waals surface area contributed by atoms with Gasteiger partial charge in [0.05, 0.1) is 24.7 Å². The van der Waals surface area contributed by atoms with Crippen LogP contribution in [0.4, 0.5) is 14.6 Å². The second kappa shape index (κ2) is 9.49. The minimum Gasteiger partial charge on any atom is -0.471 e. The Bertz CT molecular complexity index is 1180. The molecule has 2 amide bonds. The monoisotopic (exact) mass is 477 g/mol. The van der Waals surface area contributed by atoms with Crippen LogP contribution < -0.4 is 10.1 Å². The summed E-state index contributed by atoms with van der Waals surface area (Å²) in [4.78, 5) is 39.1. The predicted octanol–water partition coefficient (Wildman–Crippen LogP) is 3.66. The summed E-state index contributed by atoms with van der Waals surface area (Å²) in [6.45, 7) is 1.16. The van der Waals surface area contributed by atoms with E-state index in [1.807, 2.05) is 0 Å². The Hall–Kier alpha value is -3.60. The Morgan fingerprint density at radius 1 is 1.36 bits per heavy atom. The summed E-state index contributed by atoms with van der Waals surface area (Å²) in [5.74, 6) is -0.415. The van der Waals surface area contributed by atoms with Crippen molar-refractivity contribution in [1.29, 1.82) is 0 Å². The van der Waals surface area contributed by atoms with Crippen molar-refractivity contribution in [2.45, 2.75) is 32.4 Å². The number of rotatable bonds is 8. The first-order valence-corrected chi connectivity index (χ1v) is 10.2. The summed E-state index contributed by atoms with van der Waals surface area (Å²) < 4.78 is 34.5. The molecule has 1 N–H and O–H groups in total. The number of fused-ring (bicyclic) bond motifs is 1. The van der Waals surface area contributed by atoms with Crippen molar-refractivity contribution < 1.29 is 27.5 Å². The molecule has 3 aromatic heterocycles. The molecule has 0 aromatic carbocycles. The zero-order valence-corrected chi connectivity index (χ0v) is 18.1. The average molecular weight is 478 g/mol. The van der Waals surface area contributed by atoms with Crippen molar-refractivity contribution >= 4 is 29.2 Å². The number of anilines is 1. The van der Waals surface area contributed by atoms with Crippen LogP contribution in [-0.2, 0) is 17.8 Å². The van der Waals surface area contributed by atoms with E-state index in [-0.39, 0.29) is 41.5 Å². The highest BCUT2D eigenvalue weighted by Gasteiger charge is 2.34. The fourth-order valence-corrected chi connectivity index (χ4v) is 3.66. The summed E-state index contributed by atoms with van der Waals surface area (Å²) in [5.41, 5.74) is 2.07. The number of halogens is 3. The van der Waals surface area contributed by atoms with Gasteiger partial charge in [-0.3, -0.25) is 9.59 Å². The predicted molar refractivity (Wildman–Crippen MR) is 112 cm³/mol. The third-order valence-corrected chi connectivity index (χ3v) is 5.35. The van der Waals surface area contributed by atoms with Gasteiger partial charge in [0, 0.05) is 23.5 Å². The van der Waals surface area contributed by atoms with Crippen LogP contribution in [0.3, 0.4) is 0 Å². The van der Waals surface area contributed by atoms with E-state index in [0.717, 1.165) is 0 Å². The highest BCUT2D eigenvalue weighted by atomic mass is 35.5. The van der Waals surface area contributed by atoms with E-state index < -0.39 is 19.1 Å². The largest absolute Gasteiger partial charge is 0.471 e. The standard InChI is InChI=1S/C21H18ClF2N5O4/c1-11(12-4-16(22)20(26-6-12)33-9-17(23)24)29-7-15-14(21(29)31)2-3-25-19(15)28-18(30)5-13-8-32-10-27-13/h2-4,6,8,10-11,17H,5,7,9H2,1H3,(H,25,28,30). The molecule has 0 bridgehead atoms. The third-order valence-electron chi connectivity index (χ3n) is 5.08. The third kappa shape index (κ3) is 4.92. The Labute approximate surface area is 191 Å². The lowest BCUT2D eigenvalue weighted by Crippen LogP contribution is -2.27. The molecule has 4 rings (SSSR count). The highest BCUT2D eigenvalue weighted by Crippen LogP contribution is 2.35. The maximum absolute atomic E-state index is 13.0. The smallest absolute Gasteiger partial charge is 0.272 e. The normalized spacial score (nSPS) is 13.8. The number of carbonyl (C=O) groups excluding carboxylic acids is 2. The van der Waals surface area contributed by atoms with Gasteiger partial charge in [0.25, 0.3) is 12.3 Å². The lowest BCUT2D eigenvalue weighted by molar-refractivity contribution is -0.115. The van der Waals surface area contributed by atoms with Crippen LogP contribution in [0.2, 0.25) is 5.02 Å². The maximum atomic E-state index is 13.0. The first kappa shape index (κ1) is 22.6. The number of pyridine rings is 2. The van der Waals surface area contributed by atoms with Crippen LogP contribution in [0.15, 0.2) is 41.6 Å². The Morgan fingerprint density at radius 2 is 2.18 bits per heavy atom. The summed E-state index contributed by atoms with van der Waals surface area (Å²) in [5, 5.41) is 2.78. The van der Waals surface area contributed by atoms with E-state index in [2.05, 4.69) is 20.3 Å². The molecule has 172 valence electrons. The van der Waals surface area contributed by atoms with E-state index in [1.165, 1.54) is 31.1 Å². The van der Waals surface area contributed by atoms with E-state index >= 15 is 0 Å². The molecule has 1 atom stereocenters. The molecule has 0 radical (unpaired) electrons. The molecule has 0 fully saturated rings. The number of alkyl halides is 2. The average Bonchev–Trinajstić information content (AvgIpc) is 3.40. The summed E-state index contributed by atoms with van der Waals surface area (Å²) in [7, 11) is 0. The molecule has 0 saturated carbocycles. The van der Waals surface area contributed by atoms with E-state index in [4.69, 9.17) is 20.8 Å². The van der Waals surface area contributed by atoms with Crippen LogP contribution in [0.1, 0.15) is 40.1 Å². The lowest BCUT2D eigenvalue weighted by atomic mass is 10.1. The van der Waals surface area contributed by atoms with Crippen molar-refractivity contribution in [1.82, 2.24) is 19.9 Å². The highest BCUT2D eigenvalue weighted by molar-refractivity contribution is 6.31. The molecule has 3 aromatic rings. The molecule has 12 heteroatoms. The Balaban J connectivity index is 1.49. The first-order chi connectivity index (χ1) is 15.8. The number of nitrogens with zero attached hydrogens (tertiary/aromatic N) is 4. The van der Waals surface area contributed by atoms with Crippen molar-refractivity contribution in [2.75, 3.05) is 11.9 Å². The molecule has 9 nitrogen and oxygen atoms in total. The van der Waals surface area contributed by atoms with Gasteiger partial charge < -0.3 is 19.4 Å². The van der Waals surface area contributed by atoms with Gasteiger partial charge in [0.1, 0.15) is 17.1 Å². The van der Waals surface area contributed by atoms with Gasteiger partial charge in [-0.1, -0.05) is 11.6 Å². The van der Waals surface area contributed by atoms with E-state index in [1.54, 1.807) is 17.9 Å². The second-order valence-corrected chi connectivity index (χ2v) is 7.66.